The summed E-state index contributed by atoms with van der Waals surface area (Å²) >= 11 is 0. The number of rotatable bonds is 8. The van der Waals surface area contributed by atoms with Gasteiger partial charge in [0.15, 0.2) is 0 Å². The van der Waals surface area contributed by atoms with E-state index in [9.17, 15) is 14.0 Å². The molecule has 166 valence electrons. The Balaban J connectivity index is 1.29. The van der Waals surface area contributed by atoms with Crippen LogP contribution in [0.1, 0.15) is 38.2 Å². The molecule has 2 fully saturated rings. The molecule has 0 aromatic heterocycles. The van der Waals surface area contributed by atoms with Crippen LogP contribution in [0.4, 0.5) is 4.39 Å². The van der Waals surface area contributed by atoms with Gasteiger partial charge in [-0.3, -0.25) is 14.5 Å². The molecule has 7 heteroatoms. The van der Waals surface area contributed by atoms with Crippen molar-refractivity contribution < 1.29 is 14.0 Å². The summed E-state index contributed by atoms with van der Waals surface area (Å²) in [5, 5.41) is 2.90. The number of halogens is 1. The molecule has 2 amide bonds. The molecule has 2 saturated heterocycles. The van der Waals surface area contributed by atoms with E-state index >= 15 is 0 Å². The van der Waals surface area contributed by atoms with Crippen LogP contribution in [0, 0.1) is 11.7 Å². The zero-order valence-corrected chi connectivity index (χ0v) is 18.1. The Kier molecular flexibility index (Phi) is 8.63. The van der Waals surface area contributed by atoms with Crippen LogP contribution in [-0.2, 0) is 16.1 Å². The molecule has 0 unspecified atom stereocenters. The summed E-state index contributed by atoms with van der Waals surface area (Å²) < 4.78 is 12.9. The highest BCUT2D eigenvalue weighted by atomic mass is 19.1. The van der Waals surface area contributed by atoms with Gasteiger partial charge in [-0.05, 0) is 49.4 Å². The molecule has 0 aliphatic carbocycles. The van der Waals surface area contributed by atoms with E-state index in [1.165, 1.54) is 12.1 Å². The van der Waals surface area contributed by atoms with E-state index in [0.29, 0.717) is 25.4 Å². The molecule has 0 atom stereocenters. The minimum atomic E-state index is -0.269. The topological polar surface area (TPSA) is 55.9 Å². The van der Waals surface area contributed by atoms with Crippen molar-refractivity contribution in [2.75, 3.05) is 52.4 Å². The third kappa shape index (κ3) is 7.06. The highest BCUT2D eigenvalue weighted by molar-refractivity contribution is 5.78. The lowest BCUT2D eigenvalue weighted by atomic mass is 9.92. The molecule has 2 aliphatic rings. The number of benzene rings is 1. The lowest BCUT2D eigenvalue weighted by Crippen LogP contribution is -2.50. The first-order chi connectivity index (χ1) is 14.5. The number of piperazine rings is 1. The Labute approximate surface area is 179 Å². The van der Waals surface area contributed by atoms with Crippen LogP contribution >= 0.6 is 0 Å². The Morgan fingerprint density at radius 2 is 1.63 bits per heavy atom. The van der Waals surface area contributed by atoms with Crippen molar-refractivity contribution in [2.45, 2.75) is 39.2 Å². The molecule has 30 heavy (non-hydrogen) atoms. The van der Waals surface area contributed by atoms with E-state index < -0.39 is 0 Å². The summed E-state index contributed by atoms with van der Waals surface area (Å²) in [6.07, 6.45) is 3.30. The maximum atomic E-state index is 12.9. The van der Waals surface area contributed by atoms with Gasteiger partial charge in [0.1, 0.15) is 5.82 Å². The van der Waals surface area contributed by atoms with Crippen LogP contribution < -0.4 is 5.32 Å². The van der Waals surface area contributed by atoms with Gasteiger partial charge >= 0.3 is 0 Å². The van der Waals surface area contributed by atoms with Crippen LogP contribution in [0.5, 0.6) is 0 Å². The first kappa shape index (κ1) is 22.7. The highest BCUT2D eigenvalue weighted by Gasteiger charge is 2.25. The number of amides is 2. The Hall–Kier alpha value is -1.99. The van der Waals surface area contributed by atoms with Gasteiger partial charge in [-0.1, -0.05) is 19.1 Å². The predicted molar refractivity (Wildman–Crippen MR) is 115 cm³/mol. The normalized spacial score (nSPS) is 19.1. The Morgan fingerprint density at radius 1 is 1.00 bits per heavy atom. The van der Waals surface area contributed by atoms with Crippen molar-refractivity contribution >= 4 is 11.8 Å². The Bertz CT molecular complexity index is 681. The fraction of sp³-hybridized carbons (Fsp3) is 0.652. The molecular weight excluding hydrogens is 383 g/mol. The van der Waals surface area contributed by atoms with Crippen LogP contribution in [-0.4, -0.2) is 78.9 Å². The van der Waals surface area contributed by atoms with E-state index in [0.717, 1.165) is 70.6 Å². The zero-order chi connectivity index (χ0) is 21.3. The number of nitrogens with one attached hydrogen (secondary N) is 1. The molecule has 1 N–H and O–H groups in total. The first-order valence-corrected chi connectivity index (χ1v) is 11.3. The van der Waals surface area contributed by atoms with Crippen LogP contribution in [0.25, 0.3) is 0 Å². The van der Waals surface area contributed by atoms with Crippen molar-refractivity contribution in [1.29, 1.82) is 0 Å². The summed E-state index contributed by atoms with van der Waals surface area (Å²) in [6.45, 7) is 9.88. The first-order valence-electron chi connectivity index (χ1n) is 11.3. The van der Waals surface area contributed by atoms with E-state index in [1.54, 1.807) is 12.1 Å². The molecule has 0 spiro atoms. The number of hydrogen-bond acceptors (Lipinski definition) is 4. The second-order valence-electron chi connectivity index (χ2n) is 8.48. The molecule has 0 saturated carbocycles. The number of carbonyl (C=O) groups is 2. The lowest BCUT2D eigenvalue weighted by Gasteiger charge is -2.36. The van der Waals surface area contributed by atoms with Crippen molar-refractivity contribution in [3.8, 4) is 0 Å². The average Bonchev–Trinajstić information content (AvgIpc) is 2.78. The van der Waals surface area contributed by atoms with E-state index in [2.05, 4.69) is 22.0 Å². The van der Waals surface area contributed by atoms with Gasteiger partial charge in [-0.15, -0.1) is 0 Å². The fourth-order valence-corrected chi connectivity index (χ4v) is 4.25. The number of likely N-dealkylation sites (tertiary alicyclic amines) is 1. The van der Waals surface area contributed by atoms with Gasteiger partial charge < -0.3 is 15.1 Å². The molecule has 2 aliphatic heterocycles. The average molecular weight is 419 g/mol. The van der Waals surface area contributed by atoms with Crippen LogP contribution in [0.3, 0.4) is 0 Å². The second kappa shape index (κ2) is 11.4. The minimum absolute atomic E-state index is 0.0315. The van der Waals surface area contributed by atoms with Gasteiger partial charge in [0.25, 0.3) is 0 Å². The molecule has 0 bridgehead atoms. The quantitative estimate of drug-likeness (QED) is 0.703. The number of hydrogen-bond donors (Lipinski definition) is 1. The summed E-state index contributed by atoms with van der Waals surface area (Å²) in [6, 6.07) is 6.18. The number of likely N-dealkylation sites (N-methyl/N-ethyl adjacent to an activating group) is 1. The van der Waals surface area contributed by atoms with Crippen LogP contribution in [0.2, 0.25) is 0 Å². The fourth-order valence-electron chi connectivity index (χ4n) is 4.25. The second-order valence-corrected chi connectivity index (χ2v) is 8.48. The van der Waals surface area contributed by atoms with E-state index in [-0.39, 0.29) is 17.6 Å². The molecular formula is C23H35FN4O2. The minimum Gasteiger partial charge on any atom is -0.352 e. The third-order valence-electron chi connectivity index (χ3n) is 6.42. The molecule has 1 aromatic carbocycles. The Morgan fingerprint density at radius 3 is 2.27 bits per heavy atom. The summed E-state index contributed by atoms with van der Waals surface area (Å²) in [5.41, 5.74) is 0.896. The summed E-state index contributed by atoms with van der Waals surface area (Å²) in [5.74, 6) is 0.507. The molecule has 0 radical (unpaired) electrons. The zero-order valence-electron chi connectivity index (χ0n) is 18.1. The van der Waals surface area contributed by atoms with Gasteiger partial charge in [0, 0.05) is 52.2 Å². The van der Waals surface area contributed by atoms with Crippen molar-refractivity contribution in [1.82, 2.24) is 20.0 Å². The summed E-state index contributed by atoms with van der Waals surface area (Å²) in [7, 11) is 0. The van der Waals surface area contributed by atoms with Crippen molar-refractivity contribution in [3.63, 3.8) is 0 Å². The monoisotopic (exact) mass is 418 g/mol. The standard InChI is InChI=1S/C23H35FN4O2/c1-2-26-13-15-27(16-14-26)18-23(30)28-11-9-19(10-12-28)5-8-22(29)25-17-20-3-6-21(24)7-4-20/h3-4,6-7,19H,2,5,8-18H2,1H3,(H,25,29). The third-order valence-corrected chi connectivity index (χ3v) is 6.42. The number of nitrogens with zero attached hydrogens (tertiary/aromatic N) is 3. The predicted octanol–water partition coefficient (Wildman–Crippen LogP) is 2.10. The summed E-state index contributed by atoms with van der Waals surface area (Å²) in [4.78, 5) is 31.4. The van der Waals surface area contributed by atoms with E-state index in [1.807, 2.05) is 4.90 Å². The van der Waals surface area contributed by atoms with Gasteiger partial charge in [0.05, 0.1) is 6.54 Å². The van der Waals surface area contributed by atoms with Crippen LogP contribution in [0.15, 0.2) is 24.3 Å². The van der Waals surface area contributed by atoms with Crippen molar-refractivity contribution in [2.24, 2.45) is 5.92 Å². The maximum Gasteiger partial charge on any atom is 0.236 e. The number of carbonyl (C=O) groups excluding carboxylic acids is 2. The van der Waals surface area contributed by atoms with Gasteiger partial charge in [-0.2, -0.15) is 0 Å². The molecule has 2 heterocycles. The largest absolute Gasteiger partial charge is 0.352 e. The smallest absolute Gasteiger partial charge is 0.236 e. The molecule has 1 aromatic rings. The molecule has 3 rings (SSSR count). The molecule has 6 nitrogen and oxygen atoms in total. The SMILES string of the molecule is CCN1CCN(CC(=O)N2CCC(CCC(=O)NCc3ccc(F)cc3)CC2)CC1. The number of piperidine rings is 1. The maximum absolute atomic E-state index is 12.9. The van der Waals surface area contributed by atoms with E-state index in [4.69, 9.17) is 0 Å². The van der Waals surface area contributed by atoms with Crippen molar-refractivity contribution in [3.05, 3.63) is 35.6 Å². The van der Waals surface area contributed by atoms with Gasteiger partial charge in [0.2, 0.25) is 11.8 Å². The van der Waals surface area contributed by atoms with Gasteiger partial charge in [-0.25, -0.2) is 4.39 Å². The lowest BCUT2D eigenvalue weighted by molar-refractivity contribution is -0.134. The highest BCUT2D eigenvalue weighted by Crippen LogP contribution is 2.22.